The molecule has 0 aromatic heterocycles. The highest BCUT2D eigenvalue weighted by Gasteiger charge is 2.34. The molecule has 2 aliphatic heterocycles. The first-order valence-corrected chi connectivity index (χ1v) is 9.80. The Labute approximate surface area is 167 Å². The number of nitrogens with one attached hydrogen (secondary N) is 2. The summed E-state index contributed by atoms with van der Waals surface area (Å²) in [4.78, 5) is 27.0. The second-order valence-electron chi connectivity index (χ2n) is 7.28. The summed E-state index contributed by atoms with van der Waals surface area (Å²) in [6, 6.07) is 8.41. The number of amides is 3. The maximum atomic E-state index is 13.8. The van der Waals surface area contributed by atoms with Crippen LogP contribution in [-0.2, 0) is 0 Å². The van der Waals surface area contributed by atoms with Crippen molar-refractivity contribution in [3.63, 3.8) is 0 Å². The molecule has 2 N–H and O–H groups in total. The van der Waals surface area contributed by atoms with E-state index in [0.717, 1.165) is 25.9 Å². The van der Waals surface area contributed by atoms with E-state index in [4.69, 9.17) is 11.6 Å². The molecular weight excluding hydrogens is 381 g/mol. The number of anilines is 1. The number of urea groups is 1. The van der Waals surface area contributed by atoms with Crippen LogP contribution in [-0.4, -0.2) is 29.9 Å². The smallest absolute Gasteiger partial charge is 0.321 e. The first-order valence-electron chi connectivity index (χ1n) is 9.42. The summed E-state index contributed by atoms with van der Waals surface area (Å²) in [5.74, 6) is -0.190. The molecule has 2 aromatic rings. The van der Waals surface area contributed by atoms with Crippen molar-refractivity contribution in [3.8, 4) is 0 Å². The number of benzene rings is 2. The molecule has 2 aliphatic rings. The quantitative estimate of drug-likeness (QED) is 0.791. The van der Waals surface area contributed by atoms with Gasteiger partial charge in [-0.15, -0.1) is 0 Å². The zero-order valence-corrected chi connectivity index (χ0v) is 16.2. The molecule has 0 radical (unpaired) electrons. The highest BCUT2D eigenvalue weighted by Crippen LogP contribution is 2.39. The predicted molar refractivity (Wildman–Crippen MR) is 106 cm³/mol. The third-order valence-corrected chi connectivity index (χ3v) is 5.92. The third kappa shape index (κ3) is 3.33. The van der Waals surface area contributed by atoms with Gasteiger partial charge in [0, 0.05) is 40.5 Å². The molecule has 28 heavy (non-hydrogen) atoms. The van der Waals surface area contributed by atoms with Crippen LogP contribution in [0.25, 0.3) is 0 Å². The monoisotopic (exact) mass is 401 g/mol. The summed E-state index contributed by atoms with van der Waals surface area (Å²) in [5.41, 5.74) is 2.06. The van der Waals surface area contributed by atoms with Crippen LogP contribution in [0.3, 0.4) is 0 Å². The van der Waals surface area contributed by atoms with Crippen molar-refractivity contribution < 1.29 is 14.0 Å². The average Bonchev–Trinajstić information content (AvgIpc) is 3.29. The van der Waals surface area contributed by atoms with Gasteiger partial charge in [0.05, 0.1) is 6.04 Å². The number of carbonyl (C=O) groups excluding carboxylic acids is 2. The maximum absolute atomic E-state index is 13.8. The molecule has 0 saturated carbocycles. The van der Waals surface area contributed by atoms with Crippen molar-refractivity contribution in [1.29, 1.82) is 0 Å². The molecule has 3 amide bonds. The van der Waals surface area contributed by atoms with Crippen LogP contribution in [0.15, 0.2) is 36.4 Å². The lowest BCUT2D eigenvalue weighted by Crippen LogP contribution is -2.33. The van der Waals surface area contributed by atoms with Crippen LogP contribution in [0.5, 0.6) is 0 Å². The fraction of sp³-hybridized carbons (Fsp3) is 0.333. The van der Waals surface area contributed by atoms with Gasteiger partial charge in [-0.05, 0) is 42.7 Å². The summed E-state index contributed by atoms with van der Waals surface area (Å²) < 4.78 is 13.8. The first kappa shape index (κ1) is 18.7. The number of carbonyl (C=O) groups is 2. The van der Waals surface area contributed by atoms with E-state index in [1.165, 1.54) is 18.2 Å². The maximum Gasteiger partial charge on any atom is 0.321 e. The van der Waals surface area contributed by atoms with Crippen molar-refractivity contribution in [2.45, 2.75) is 25.8 Å². The van der Waals surface area contributed by atoms with E-state index < -0.39 is 11.9 Å². The van der Waals surface area contributed by atoms with E-state index >= 15 is 0 Å². The molecule has 2 unspecified atom stereocenters. The Morgan fingerprint density at radius 1 is 1.36 bits per heavy atom. The van der Waals surface area contributed by atoms with Crippen LogP contribution in [0, 0.1) is 11.7 Å². The number of hydrogen-bond acceptors (Lipinski definition) is 2. The minimum absolute atomic E-state index is 0.187. The lowest BCUT2D eigenvalue weighted by molar-refractivity contribution is 0.0960. The van der Waals surface area contributed by atoms with Crippen molar-refractivity contribution in [1.82, 2.24) is 10.2 Å². The molecule has 4 rings (SSSR count). The molecule has 146 valence electrons. The van der Waals surface area contributed by atoms with Crippen molar-refractivity contribution in [2.24, 2.45) is 5.92 Å². The second kappa shape index (κ2) is 7.43. The zero-order chi connectivity index (χ0) is 19.8. The molecule has 7 heteroatoms. The summed E-state index contributed by atoms with van der Waals surface area (Å²) in [6.45, 7) is 3.57. The van der Waals surface area contributed by atoms with Gasteiger partial charge in [-0.3, -0.25) is 4.79 Å². The number of nitrogens with zero attached hydrogens (tertiary/aromatic N) is 1. The first-order chi connectivity index (χ1) is 13.5. The molecule has 0 spiro atoms. The normalized spacial score (nSPS) is 20.8. The van der Waals surface area contributed by atoms with Crippen molar-refractivity contribution in [3.05, 3.63) is 63.9 Å². The summed E-state index contributed by atoms with van der Waals surface area (Å²) in [7, 11) is 0. The standard InChI is InChI=1S/C21H21ClFN3O2/c1-2-12-8-9-26(11-12)21(28)24-17-5-3-4-14-18(17)19(25-20(14)27)15-10-13(23)6-7-16(15)22/h3-7,10,12,19H,2,8-9,11H2,1H3,(H,24,28)(H,25,27). The van der Waals surface area contributed by atoms with Crippen LogP contribution < -0.4 is 10.6 Å². The van der Waals surface area contributed by atoms with Crippen LogP contribution >= 0.6 is 11.6 Å². The number of halogens is 2. The van der Waals surface area contributed by atoms with E-state index in [9.17, 15) is 14.0 Å². The minimum Gasteiger partial charge on any atom is -0.341 e. The van der Waals surface area contributed by atoms with Gasteiger partial charge < -0.3 is 15.5 Å². The topological polar surface area (TPSA) is 61.4 Å². The molecule has 2 aromatic carbocycles. The van der Waals surface area contributed by atoms with Gasteiger partial charge in [0.1, 0.15) is 5.82 Å². The second-order valence-corrected chi connectivity index (χ2v) is 7.69. The Hall–Kier alpha value is -2.60. The molecule has 0 aliphatic carbocycles. The largest absolute Gasteiger partial charge is 0.341 e. The van der Waals surface area contributed by atoms with Gasteiger partial charge >= 0.3 is 6.03 Å². The minimum atomic E-state index is -0.621. The molecule has 1 saturated heterocycles. The fourth-order valence-electron chi connectivity index (χ4n) is 3.98. The number of likely N-dealkylation sites (tertiary alicyclic amines) is 1. The number of fused-ring (bicyclic) bond motifs is 1. The summed E-state index contributed by atoms with van der Waals surface area (Å²) in [5, 5.41) is 6.14. The van der Waals surface area contributed by atoms with Gasteiger partial charge in [-0.1, -0.05) is 31.0 Å². The SMILES string of the molecule is CCC1CCN(C(=O)Nc2cccc3c2C(c2cc(F)ccc2Cl)NC3=O)C1. The van der Waals surface area contributed by atoms with E-state index in [1.807, 2.05) is 0 Å². The Morgan fingerprint density at radius 2 is 2.18 bits per heavy atom. The van der Waals surface area contributed by atoms with Gasteiger partial charge in [0.15, 0.2) is 0 Å². The number of hydrogen-bond donors (Lipinski definition) is 2. The van der Waals surface area contributed by atoms with Crippen LogP contribution in [0.4, 0.5) is 14.9 Å². The predicted octanol–water partition coefficient (Wildman–Crippen LogP) is 4.58. The average molecular weight is 402 g/mol. The zero-order valence-electron chi connectivity index (χ0n) is 15.5. The summed E-state index contributed by atoms with van der Waals surface area (Å²) >= 11 is 6.27. The van der Waals surface area contributed by atoms with Crippen LogP contribution in [0.1, 0.15) is 47.3 Å². The number of rotatable bonds is 3. The Kier molecular flexibility index (Phi) is 4.98. The molecule has 1 fully saturated rings. The molecule has 2 atom stereocenters. The molecular formula is C21H21ClFN3O2. The Balaban J connectivity index is 1.67. The van der Waals surface area contributed by atoms with Crippen LogP contribution in [0.2, 0.25) is 5.02 Å². The van der Waals surface area contributed by atoms with E-state index in [1.54, 1.807) is 23.1 Å². The van der Waals surface area contributed by atoms with Gasteiger partial charge in [0.2, 0.25) is 0 Å². The van der Waals surface area contributed by atoms with E-state index in [-0.39, 0.29) is 11.9 Å². The fourth-order valence-corrected chi connectivity index (χ4v) is 4.20. The Bertz CT molecular complexity index is 949. The van der Waals surface area contributed by atoms with Crippen molar-refractivity contribution in [2.75, 3.05) is 18.4 Å². The molecule has 2 heterocycles. The van der Waals surface area contributed by atoms with Crippen molar-refractivity contribution >= 4 is 29.2 Å². The molecule has 5 nitrogen and oxygen atoms in total. The lowest BCUT2D eigenvalue weighted by atomic mass is 9.96. The summed E-state index contributed by atoms with van der Waals surface area (Å²) in [6.07, 6.45) is 2.04. The van der Waals surface area contributed by atoms with E-state index in [2.05, 4.69) is 17.6 Å². The Morgan fingerprint density at radius 3 is 2.93 bits per heavy atom. The highest BCUT2D eigenvalue weighted by atomic mass is 35.5. The van der Waals surface area contributed by atoms with Gasteiger partial charge in [-0.25, -0.2) is 9.18 Å². The van der Waals surface area contributed by atoms with E-state index in [0.29, 0.717) is 33.3 Å². The molecule has 0 bridgehead atoms. The third-order valence-electron chi connectivity index (χ3n) is 5.58. The van der Waals surface area contributed by atoms with Gasteiger partial charge in [-0.2, -0.15) is 0 Å². The highest BCUT2D eigenvalue weighted by molar-refractivity contribution is 6.31. The van der Waals surface area contributed by atoms with Gasteiger partial charge in [0.25, 0.3) is 5.91 Å². The lowest BCUT2D eigenvalue weighted by Gasteiger charge is -2.21.